The maximum Gasteiger partial charge on any atom is 0.244 e. The van der Waals surface area contributed by atoms with Crippen LogP contribution in [0.2, 0.25) is 0 Å². The molecule has 0 bridgehead atoms. The molecule has 0 spiro atoms. The van der Waals surface area contributed by atoms with Gasteiger partial charge in [0, 0.05) is 30.4 Å². The van der Waals surface area contributed by atoms with Gasteiger partial charge in [-0.15, -0.1) is 11.3 Å². The van der Waals surface area contributed by atoms with Gasteiger partial charge in [0.05, 0.1) is 15.7 Å². The molecule has 1 aliphatic carbocycles. The molecule has 8 nitrogen and oxygen atoms in total. The first kappa shape index (κ1) is 23.4. The largest absolute Gasteiger partial charge is 0.353 e. The van der Waals surface area contributed by atoms with Crippen molar-refractivity contribution in [2.24, 2.45) is 11.8 Å². The van der Waals surface area contributed by atoms with Crippen LogP contribution in [0.3, 0.4) is 0 Å². The minimum absolute atomic E-state index is 0.00826. The molecule has 0 radical (unpaired) electrons. The zero-order valence-electron chi connectivity index (χ0n) is 19.0. The van der Waals surface area contributed by atoms with Crippen LogP contribution in [0, 0.1) is 18.8 Å². The lowest BCUT2D eigenvalue weighted by molar-refractivity contribution is -0.127. The second-order valence-electron chi connectivity index (χ2n) is 9.06. The van der Waals surface area contributed by atoms with Crippen molar-refractivity contribution in [3.05, 3.63) is 16.8 Å². The number of amides is 1. The highest BCUT2D eigenvalue weighted by Crippen LogP contribution is 2.35. The predicted octanol–water partition coefficient (Wildman–Crippen LogP) is 3.76. The summed E-state index contributed by atoms with van der Waals surface area (Å²) in [6.07, 6.45) is 6.31. The van der Waals surface area contributed by atoms with E-state index in [0.717, 1.165) is 38.0 Å². The lowest BCUT2D eigenvalue weighted by Gasteiger charge is -2.33. The predicted molar refractivity (Wildman–Crippen MR) is 123 cm³/mol. The summed E-state index contributed by atoms with van der Waals surface area (Å²) in [5.41, 5.74) is 0. The van der Waals surface area contributed by atoms with Gasteiger partial charge < -0.3 is 9.84 Å². The maximum atomic E-state index is 13.4. The van der Waals surface area contributed by atoms with Crippen molar-refractivity contribution in [3.8, 4) is 10.7 Å². The van der Waals surface area contributed by atoms with Crippen molar-refractivity contribution in [1.29, 1.82) is 0 Å². The molecule has 3 heterocycles. The van der Waals surface area contributed by atoms with Gasteiger partial charge in [-0.25, -0.2) is 8.42 Å². The molecule has 1 saturated heterocycles. The van der Waals surface area contributed by atoms with Crippen molar-refractivity contribution in [2.75, 3.05) is 13.1 Å². The molecule has 2 aliphatic rings. The Morgan fingerprint density at radius 3 is 2.72 bits per heavy atom. The molecule has 32 heavy (non-hydrogen) atoms. The van der Waals surface area contributed by atoms with Gasteiger partial charge in [-0.1, -0.05) is 19.0 Å². The normalized spacial score (nSPS) is 25.0. The number of thiophene rings is 1. The van der Waals surface area contributed by atoms with E-state index in [1.165, 1.54) is 15.6 Å². The fraction of sp³-hybridized carbons (Fsp3) is 0.682. The summed E-state index contributed by atoms with van der Waals surface area (Å²) in [7, 11) is -3.71. The molecule has 1 unspecified atom stereocenters. The first-order valence-corrected chi connectivity index (χ1v) is 13.8. The van der Waals surface area contributed by atoms with E-state index >= 15 is 0 Å². The van der Waals surface area contributed by atoms with Crippen molar-refractivity contribution < 1.29 is 17.7 Å². The SMILES string of the molecule is CCc1nc(-c2cc(S(=O)(=O)N3CCCC(C(=O)NC4CCC(C)CC4)C3)c(C)s2)no1. The highest BCUT2D eigenvalue weighted by molar-refractivity contribution is 7.89. The molecule has 2 fully saturated rings. The third-order valence-electron chi connectivity index (χ3n) is 6.60. The number of aryl methyl sites for hydroxylation is 2. The van der Waals surface area contributed by atoms with E-state index < -0.39 is 10.0 Å². The number of rotatable bonds is 6. The zero-order valence-corrected chi connectivity index (χ0v) is 20.6. The Labute approximate surface area is 193 Å². The second-order valence-corrected chi connectivity index (χ2v) is 12.2. The van der Waals surface area contributed by atoms with Gasteiger partial charge in [0.25, 0.3) is 0 Å². The maximum absolute atomic E-state index is 13.4. The van der Waals surface area contributed by atoms with Crippen molar-refractivity contribution in [1.82, 2.24) is 19.8 Å². The van der Waals surface area contributed by atoms with E-state index in [4.69, 9.17) is 4.52 Å². The zero-order chi connectivity index (χ0) is 22.9. The molecule has 1 atom stereocenters. The molecular formula is C22H32N4O4S2. The molecule has 4 rings (SSSR count). The third-order valence-corrected chi connectivity index (χ3v) is 9.77. The highest BCUT2D eigenvalue weighted by atomic mass is 32.2. The molecule has 2 aromatic rings. The van der Waals surface area contributed by atoms with Gasteiger partial charge in [0.1, 0.15) is 0 Å². The van der Waals surface area contributed by atoms with E-state index in [9.17, 15) is 13.2 Å². The lowest BCUT2D eigenvalue weighted by atomic mass is 9.87. The molecule has 1 amide bonds. The Morgan fingerprint density at radius 2 is 2.03 bits per heavy atom. The molecule has 2 aromatic heterocycles. The van der Waals surface area contributed by atoms with Gasteiger partial charge >= 0.3 is 0 Å². The van der Waals surface area contributed by atoms with Crippen LogP contribution in [0.15, 0.2) is 15.5 Å². The first-order valence-electron chi connectivity index (χ1n) is 11.5. The second kappa shape index (κ2) is 9.61. The minimum atomic E-state index is -3.71. The van der Waals surface area contributed by atoms with Gasteiger partial charge in [0.2, 0.25) is 27.6 Å². The summed E-state index contributed by atoms with van der Waals surface area (Å²) in [5, 5.41) is 7.14. The summed E-state index contributed by atoms with van der Waals surface area (Å²) < 4.78 is 33.5. The summed E-state index contributed by atoms with van der Waals surface area (Å²) in [6, 6.07) is 1.85. The van der Waals surface area contributed by atoms with Gasteiger partial charge in [-0.2, -0.15) is 9.29 Å². The lowest BCUT2D eigenvalue weighted by Crippen LogP contribution is -2.48. The van der Waals surface area contributed by atoms with E-state index in [1.54, 1.807) is 13.0 Å². The number of nitrogens with zero attached hydrogens (tertiary/aromatic N) is 3. The van der Waals surface area contributed by atoms with Crippen molar-refractivity contribution >= 4 is 27.3 Å². The average Bonchev–Trinajstić information content (AvgIpc) is 3.42. The Morgan fingerprint density at radius 1 is 1.28 bits per heavy atom. The molecule has 0 aromatic carbocycles. The first-order chi connectivity index (χ1) is 15.3. The molecule has 1 N–H and O–H groups in total. The molecule has 1 aliphatic heterocycles. The Kier molecular flexibility index (Phi) is 7.02. The number of carbonyl (C=O) groups excluding carboxylic acids is 1. The fourth-order valence-corrected chi connectivity index (χ4v) is 7.58. The van der Waals surface area contributed by atoms with Gasteiger partial charge in [-0.3, -0.25) is 4.79 Å². The monoisotopic (exact) mass is 480 g/mol. The van der Waals surface area contributed by atoms with Crippen molar-refractivity contribution in [3.63, 3.8) is 0 Å². The van der Waals surface area contributed by atoms with Gasteiger partial charge in [0.15, 0.2) is 0 Å². The summed E-state index contributed by atoms with van der Waals surface area (Å²) in [6.45, 7) is 6.62. The molecular weight excluding hydrogens is 448 g/mol. The number of aromatic nitrogens is 2. The Hall–Kier alpha value is -1.78. The Balaban J connectivity index is 1.46. The van der Waals surface area contributed by atoms with Crippen molar-refractivity contribution in [2.45, 2.75) is 76.7 Å². The van der Waals surface area contributed by atoms with Crippen LogP contribution in [0.25, 0.3) is 10.7 Å². The average molecular weight is 481 g/mol. The number of nitrogens with one attached hydrogen (secondary N) is 1. The van der Waals surface area contributed by atoms with E-state index in [-0.39, 0.29) is 29.3 Å². The fourth-order valence-electron chi connectivity index (χ4n) is 4.57. The molecule has 176 valence electrons. The van der Waals surface area contributed by atoms with Crippen LogP contribution in [-0.2, 0) is 21.2 Å². The molecule has 10 heteroatoms. The smallest absolute Gasteiger partial charge is 0.244 e. The topological polar surface area (TPSA) is 105 Å². The third kappa shape index (κ3) is 4.92. The standard InChI is InChI=1S/C22H32N4O4S2/c1-4-20-24-21(25-30-20)18-12-19(15(3)31-18)32(28,29)26-11-5-6-16(13-26)22(27)23-17-9-7-14(2)8-10-17/h12,14,16-17H,4-11,13H2,1-3H3,(H,23,27). The number of sulfonamides is 1. The Bertz CT molecular complexity index is 1050. The van der Waals surface area contributed by atoms with E-state index in [0.29, 0.717) is 40.9 Å². The van der Waals surface area contributed by atoms with Crippen LogP contribution in [-0.4, -0.2) is 47.9 Å². The van der Waals surface area contributed by atoms with Gasteiger partial charge in [-0.05, 0) is 57.4 Å². The van der Waals surface area contributed by atoms with Crippen LogP contribution in [0.4, 0.5) is 0 Å². The van der Waals surface area contributed by atoms with Crippen LogP contribution < -0.4 is 5.32 Å². The number of hydrogen-bond donors (Lipinski definition) is 1. The summed E-state index contributed by atoms with van der Waals surface area (Å²) in [5.74, 6) is 1.34. The van der Waals surface area contributed by atoms with E-state index in [2.05, 4.69) is 22.4 Å². The molecule has 1 saturated carbocycles. The van der Waals surface area contributed by atoms with Crippen LogP contribution >= 0.6 is 11.3 Å². The number of carbonyl (C=O) groups is 1. The summed E-state index contributed by atoms with van der Waals surface area (Å²) >= 11 is 1.34. The van der Waals surface area contributed by atoms with E-state index in [1.807, 2.05) is 6.92 Å². The quantitative estimate of drug-likeness (QED) is 0.675. The number of hydrogen-bond acceptors (Lipinski definition) is 7. The van der Waals surface area contributed by atoms with Crippen LogP contribution in [0.5, 0.6) is 0 Å². The van der Waals surface area contributed by atoms with Crippen LogP contribution in [0.1, 0.15) is 63.1 Å². The number of piperidine rings is 1. The summed E-state index contributed by atoms with van der Waals surface area (Å²) in [4.78, 5) is 18.8. The minimum Gasteiger partial charge on any atom is -0.353 e. The highest BCUT2D eigenvalue weighted by Gasteiger charge is 2.36.